The van der Waals surface area contributed by atoms with E-state index in [0.29, 0.717) is 12.2 Å². The van der Waals surface area contributed by atoms with E-state index >= 15 is 0 Å². The molecule has 3 nitrogen and oxygen atoms in total. The van der Waals surface area contributed by atoms with Crippen LogP contribution in [0.4, 0.5) is 0 Å². The molecular formula is C11H21NO2S2. The van der Waals surface area contributed by atoms with Crippen molar-refractivity contribution in [1.29, 1.82) is 0 Å². The van der Waals surface area contributed by atoms with Crippen molar-refractivity contribution < 1.29 is 9.00 Å². The molecule has 0 aromatic rings. The third-order valence-corrected chi connectivity index (χ3v) is 4.56. The van der Waals surface area contributed by atoms with Crippen molar-refractivity contribution in [2.45, 2.75) is 38.6 Å². The van der Waals surface area contributed by atoms with Crippen LogP contribution >= 0.6 is 12.6 Å². The molecule has 0 radical (unpaired) electrons. The number of carbonyl (C=O) groups is 1. The van der Waals surface area contributed by atoms with Gasteiger partial charge in [-0.15, -0.1) is 0 Å². The Hall–Kier alpha value is -0.0300. The normalized spacial score (nSPS) is 21.2. The smallest absolute Gasteiger partial charge is 0.220 e. The van der Waals surface area contributed by atoms with Crippen LogP contribution in [0, 0.1) is 5.41 Å². The molecule has 2 atom stereocenters. The largest absolute Gasteiger partial charge is 0.354 e. The Balaban J connectivity index is 2.20. The van der Waals surface area contributed by atoms with Crippen molar-refractivity contribution in [1.82, 2.24) is 5.32 Å². The molecule has 0 heterocycles. The molecule has 0 aliphatic heterocycles. The molecule has 1 saturated carbocycles. The second-order valence-corrected chi connectivity index (χ2v) is 6.74. The van der Waals surface area contributed by atoms with Crippen molar-refractivity contribution in [3.05, 3.63) is 0 Å². The molecule has 0 aromatic heterocycles. The fourth-order valence-electron chi connectivity index (χ4n) is 1.65. The third kappa shape index (κ3) is 4.87. The maximum Gasteiger partial charge on any atom is 0.220 e. The van der Waals surface area contributed by atoms with Crippen LogP contribution in [0.25, 0.3) is 0 Å². The van der Waals surface area contributed by atoms with Gasteiger partial charge in [0.1, 0.15) is 0 Å². The lowest BCUT2D eigenvalue weighted by molar-refractivity contribution is -0.122. The SMILES string of the molecule is CC(CCS(C)=O)NC(=O)CC1(CS)CC1. The Kier molecular flexibility index (Phi) is 5.31. The van der Waals surface area contributed by atoms with Gasteiger partial charge >= 0.3 is 0 Å². The molecule has 0 spiro atoms. The van der Waals surface area contributed by atoms with Gasteiger partial charge in [-0.2, -0.15) is 12.6 Å². The highest BCUT2D eigenvalue weighted by Crippen LogP contribution is 2.49. The molecule has 0 saturated heterocycles. The molecule has 0 bridgehead atoms. The van der Waals surface area contributed by atoms with Gasteiger partial charge in [0.05, 0.1) is 0 Å². The number of nitrogens with one attached hydrogen (secondary N) is 1. The van der Waals surface area contributed by atoms with E-state index in [-0.39, 0.29) is 17.4 Å². The van der Waals surface area contributed by atoms with Gasteiger partial charge in [-0.25, -0.2) is 0 Å². The summed E-state index contributed by atoms with van der Waals surface area (Å²) in [4.78, 5) is 11.7. The van der Waals surface area contributed by atoms with Crippen molar-refractivity contribution >= 4 is 29.3 Å². The summed E-state index contributed by atoms with van der Waals surface area (Å²) in [6.07, 6.45) is 5.31. The molecule has 1 fully saturated rings. The summed E-state index contributed by atoms with van der Waals surface area (Å²) in [5.74, 6) is 1.56. The Bertz CT molecular complexity index is 277. The van der Waals surface area contributed by atoms with Gasteiger partial charge in [0.15, 0.2) is 0 Å². The summed E-state index contributed by atoms with van der Waals surface area (Å²) in [7, 11) is -0.773. The molecular weight excluding hydrogens is 242 g/mol. The van der Waals surface area contributed by atoms with Crippen LogP contribution in [0.15, 0.2) is 0 Å². The maximum absolute atomic E-state index is 11.7. The average molecular weight is 263 g/mol. The van der Waals surface area contributed by atoms with E-state index in [9.17, 15) is 9.00 Å². The summed E-state index contributed by atoms with van der Waals surface area (Å²) < 4.78 is 10.9. The van der Waals surface area contributed by atoms with E-state index in [4.69, 9.17) is 0 Å². The van der Waals surface area contributed by atoms with Gasteiger partial charge in [-0.1, -0.05) is 0 Å². The fourth-order valence-corrected chi connectivity index (χ4v) is 2.76. The number of amides is 1. The van der Waals surface area contributed by atoms with Gasteiger partial charge in [0.25, 0.3) is 0 Å². The highest BCUT2D eigenvalue weighted by molar-refractivity contribution is 7.84. The average Bonchev–Trinajstić information content (AvgIpc) is 2.95. The van der Waals surface area contributed by atoms with E-state index in [0.717, 1.165) is 25.0 Å². The predicted octanol–water partition coefficient (Wildman–Crippen LogP) is 1.36. The Labute approximate surface area is 106 Å². The van der Waals surface area contributed by atoms with Crippen LogP contribution in [-0.2, 0) is 15.6 Å². The summed E-state index contributed by atoms with van der Waals surface area (Å²) in [6.45, 7) is 1.96. The molecule has 1 N–H and O–H groups in total. The monoisotopic (exact) mass is 263 g/mol. The number of rotatable bonds is 7. The first-order valence-electron chi connectivity index (χ1n) is 5.68. The number of carbonyl (C=O) groups excluding carboxylic acids is 1. The highest BCUT2D eigenvalue weighted by Gasteiger charge is 2.42. The summed E-state index contributed by atoms with van der Waals surface area (Å²) in [5.41, 5.74) is 0.181. The van der Waals surface area contributed by atoms with E-state index in [1.807, 2.05) is 6.92 Å². The van der Waals surface area contributed by atoms with E-state index < -0.39 is 10.8 Å². The van der Waals surface area contributed by atoms with E-state index in [1.54, 1.807) is 6.26 Å². The lowest BCUT2D eigenvalue weighted by Gasteiger charge is -2.16. The minimum absolute atomic E-state index is 0.112. The van der Waals surface area contributed by atoms with Crippen LogP contribution < -0.4 is 5.32 Å². The maximum atomic E-state index is 11.7. The first-order chi connectivity index (χ1) is 7.47. The molecule has 0 aromatic carbocycles. The highest BCUT2D eigenvalue weighted by atomic mass is 32.2. The summed E-state index contributed by atoms with van der Waals surface area (Å²) in [6, 6.07) is 0.118. The molecule has 1 aliphatic rings. The van der Waals surface area contributed by atoms with Crippen LogP contribution in [0.1, 0.15) is 32.6 Å². The Morgan fingerprint density at radius 2 is 2.19 bits per heavy atom. The minimum Gasteiger partial charge on any atom is -0.354 e. The molecule has 94 valence electrons. The molecule has 1 amide bonds. The number of thiol groups is 1. The molecule has 1 aliphatic carbocycles. The third-order valence-electron chi connectivity index (χ3n) is 3.07. The van der Waals surface area contributed by atoms with Crippen molar-refractivity contribution in [3.8, 4) is 0 Å². The van der Waals surface area contributed by atoms with E-state index in [2.05, 4.69) is 17.9 Å². The second kappa shape index (κ2) is 6.05. The Morgan fingerprint density at radius 3 is 2.62 bits per heavy atom. The van der Waals surface area contributed by atoms with Gasteiger partial charge in [0.2, 0.25) is 5.91 Å². The number of hydrogen-bond acceptors (Lipinski definition) is 3. The standard InChI is InChI=1S/C11H21NO2S2/c1-9(3-6-16(2)14)12-10(13)7-11(8-15)4-5-11/h9,15H,3-8H2,1-2H3,(H,12,13). The van der Waals surface area contributed by atoms with E-state index in [1.165, 1.54) is 0 Å². The first kappa shape index (κ1) is 14.0. The van der Waals surface area contributed by atoms with Crippen LogP contribution in [0.3, 0.4) is 0 Å². The van der Waals surface area contributed by atoms with Gasteiger partial charge in [-0.05, 0) is 37.4 Å². The van der Waals surface area contributed by atoms with Gasteiger partial charge < -0.3 is 5.32 Å². The lowest BCUT2D eigenvalue weighted by atomic mass is 10.0. The zero-order chi connectivity index (χ0) is 12.2. The van der Waals surface area contributed by atoms with Crippen molar-refractivity contribution in [2.75, 3.05) is 17.8 Å². The molecule has 1 rings (SSSR count). The fraction of sp³-hybridized carbons (Fsp3) is 0.909. The molecule has 16 heavy (non-hydrogen) atoms. The van der Waals surface area contributed by atoms with Gasteiger partial charge in [0, 0.05) is 35.3 Å². The zero-order valence-corrected chi connectivity index (χ0v) is 11.7. The van der Waals surface area contributed by atoms with Gasteiger partial charge in [-0.3, -0.25) is 9.00 Å². The molecule has 5 heteroatoms. The molecule has 2 unspecified atom stereocenters. The van der Waals surface area contributed by atoms with Crippen LogP contribution in [0.5, 0.6) is 0 Å². The van der Waals surface area contributed by atoms with Crippen LogP contribution in [0.2, 0.25) is 0 Å². The topological polar surface area (TPSA) is 46.2 Å². The Morgan fingerprint density at radius 1 is 1.56 bits per heavy atom. The summed E-state index contributed by atoms with van der Waals surface area (Å²) >= 11 is 4.28. The number of hydrogen-bond donors (Lipinski definition) is 2. The second-order valence-electron chi connectivity index (χ2n) is 4.87. The first-order valence-corrected chi connectivity index (χ1v) is 8.04. The summed E-state index contributed by atoms with van der Waals surface area (Å²) in [5, 5.41) is 2.96. The minimum atomic E-state index is -0.773. The zero-order valence-electron chi connectivity index (χ0n) is 9.99. The predicted molar refractivity (Wildman–Crippen MR) is 71.3 cm³/mol. The lowest BCUT2D eigenvalue weighted by Crippen LogP contribution is -2.35. The van der Waals surface area contributed by atoms with Crippen LogP contribution in [-0.4, -0.2) is 33.9 Å². The van der Waals surface area contributed by atoms with Crippen molar-refractivity contribution in [2.24, 2.45) is 5.41 Å². The van der Waals surface area contributed by atoms with Crippen molar-refractivity contribution in [3.63, 3.8) is 0 Å². The quantitative estimate of drug-likeness (QED) is 0.681.